The Kier molecular flexibility index (Phi) is 5.31. The monoisotopic (exact) mass is 262 g/mol. The van der Waals surface area contributed by atoms with Gasteiger partial charge in [-0.15, -0.1) is 0 Å². The maximum absolute atomic E-state index is 5.98. The summed E-state index contributed by atoms with van der Waals surface area (Å²) >= 11 is 0. The average molecular weight is 262 g/mol. The molecule has 1 saturated heterocycles. The van der Waals surface area contributed by atoms with Crippen LogP contribution in [0.1, 0.15) is 24.4 Å². The van der Waals surface area contributed by atoms with Crippen molar-refractivity contribution in [2.75, 3.05) is 40.3 Å². The van der Waals surface area contributed by atoms with Gasteiger partial charge in [0, 0.05) is 31.5 Å². The van der Waals surface area contributed by atoms with E-state index in [-0.39, 0.29) is 0 Å². The molecule has 0 aliphatic carbocycles. The van der Waals surface area contributed by atoms with Crippen LogP contribution < -0.4 is 5.73 Å². The Morgan fingerprint density at radius 2 is 1.95 bits per heavy atom. The minimum absolute atomic E-state index is 0.350. The van der Waals surface area contributed by atoms with Gasteiger partial charge in [-0.25, -0.2) is 0 Å². The van der Waals surface area contributed by atoms with Crippen LogP contribution in [0.5, 0.6) is 0 Å². The molecule has 4 nitrogen and oxygen atoms in total. The van der Waals surface area contributed by atoms with Crippen LogP contribution in [0.2, 0.25) is 0 Å². The van der Waals surface area contributed by atoms with E-state index >= 15 is 0 Å². The molecule has 4 heteroatoms. The van der Waals surface area contributed by atoms with Gasteiger partial charge < -0.3 is 10.6 Å². The zero-order valence-electron chi connectivity index (χ0n) is 12.1. The van der Waals surface area contributed by atoms with Gasteiger partial charge in [-0.1, -0.05) is 0 Å². The topological polar surface area (TPSA) is 45.4 Å². The van der Waals surface area contributed by atoms with Crippen molar-refractivity contribution in [3.8, 4) is 0 Å². The minimum atomic E-state index is 0.350. The van der Waals surface area contributed by atoms with E-state index in [1.165, 1.54) is 24.9 Å². The number of likely N-dealkylation sites (tertiary alicyclic amines) is 1. The van der Waals surface area contributed by atoms with Crippen molar-refractivity contribution in [3.05, 3.63) is 30.1 Å². The molecule has 1 fully saturated rings. The van der Waals surface area contributed by atoms with E-state index in [0.29, 0.717) is 12.6 Å². The zero-order valence-corrected chi connectivity index (χ0v) is 12.1. The highest BCUT2D eigenvalue weighted by Gasteiger charge is 2.25. The summed E-state index contributed by atoms with van der Waals surface area (Å²) in [6.07, 6.45) is 6.27. The van der Waals surface area contributed by atoms with Crippen molar-refractivity contribution in [2.24, 2.45) is 11.7 Å². The van der Waals surface area contributed by atoms with Gasteiger partial charge in [0.2, 0.25) is 0 Å². The summed E-state index contributed by atoms with van der Waals surface area (Å²) in [6, 6.07) is 4.52. The van der Waals surface area contributed by atoms with Crippen LogP contribution in [0.3, 0.4) is 0 Å². The molecule has 106 valence electrons. The van der Waals surface area contributed by atoms with Gasteiger partial charge in [-0.05, 0) is 63.6 Å². The first-order valence-corrected chi connectivity index (χ1v) is 7.19. The van der Waals surface area contributed by atoms with Crippen LogP contribution in [0.15, 0.2) is 24.5 Å². The summed E-state index contributed by atoms with van der Waals surface area (Å²) in [7, 11) is 4.32. The molecule has 0 aromatic carbocycles. The quantitative estimate of drug-likeness (QED) is 0.870. The predicted octanol–water partition coefficient (Wildman–Crippen LogP) is 1.36. The summed E-state index contributed by atoms with van der Waals surface area (Å²) < 4.78 is 0. The minimum Gasteiger partial charge on any atom is -0.329 e. The van der Waals surface area contributed by atoms with E-state index in [2.05, 4.69) is 41.0 Å². The Morgan fingerprint density at radius 3 is 2.47 bits per heavy atom. The highest BCUT2D eigenvalue weighted by atomic mass is 15.2. The third-order valence-corrected chi connectivity index (χ3v) is 4.03. The molecule has 0 amide bonds. The van der Waals surface area contributed by atoms with Gasteiger partial charge in [0.25, 0.3) is 0 Å². The van der Waals surface area contributed by atoms with Gasteiger partial charge in [-0.2, -0.15) is 0 Å². The first-order chi connectivity index (χ1) is 9.20. The lowest BCUT2D eigenvalue weighted by atomic mass is 9.94. The van der Waals surface area contributed by atoms with E-state index < -0.39 is 0 Å². The third-order valence-electron chi connectivity index (χ3n) is 4.03. The highest BCUT2D eigenvalue weighted by molar-refractivity contribution is 5.15. The Balaban J connectivity index is 1.92. The van der Waals surface area contributed by atoms with Gasteiger partial charge >= 0.3 is 0 Å². The average Bonchev–Trinajstić information content (AvgIpc) is 2.42. The Morgan fingerprint density at radius 1 is 1.32 bits per heavy atom. The first kappa shape index (κ1) is 14.4. The SMILES string of the molecule is CN(C)CC1CCN(C(CN)c2ccncc2)CC1. The molecule has 1 aromatic heterocycles. The molecular formula is C15H26N4. The predicted molar refractivity (Wildman–Crippen MR) is 78.9 cm³/mol. The molecule has 2 heterocycles. The summed E-state index contributed by atoms with van der Waals surface area (Å²) in [5.74, 6) is 0.835. The van der Waals surface area contributed by atoms with Crippen molar-refractivity contribution >= 4 is 0 Å². The Hall–Kier alpha value is -0.970. The van der Waals surface area contributed by atoms with E-state index in [1.807, 2.05) is 12.4 Å². The third kappa shape index (κ3) is 4.00. The fourth-order valence-electron chi connectivity index (χ4n) is 3.05. The number of nitrogens with two attached hydrogens (primary N) is 1. The van der Waals surface area contributed by atoms with Crippen molar-refractivity contribution in [3.63, 3.8) is 0 Å². The van der Waals surface area contributed by atoms with Crippen LogP contribution in [0.4, 0.5) is 0 Å². The van der Waals surface area contributed by atoms with Crippen molar-refractivity contribution < 1.29 is 0 Å². The largest absolute Gasteiger partial charge is 0.329 e. The lowest BCUT2D eigenvalue weighted by Gasteiger charge is -2.38. The lowest BCUT2D eigenvalue weighted by molar-refractivity contribution is 0.122. The van der Waals surface area contributed by atoms with Crippen molar-refractivity contribution in [2.45, 2.75) is 18.9 Å². The van der Waals surface area contributed by atoms with Gasteiger partial charge in [0.15, 0.2) is 0 Å². The number of aromatic nitrogens is 1. The standard InChI is InChI=1S/C15H26N4/c1-18(2)12-13-5-9-19(10-6-13)15(11-16)14-3-7-17-8-4-14/h3-4,7-8,13,15H,5-6,9-12,16H2,1-2H3. The molecular weight excluding hydrogens is 236 g/mol. The second-order valence-corrected chi connectivity index (χ2v) is 5.77. The smallest absolute Gasteiger partial charge is 0.0471 e. The molecule has 0 bridgehead atoms. The maximum Gasteiger partial charge on any atom is 0.0471 e. The molecule has 1 aliphatic rings. The normalized spacial score (nSPS) is 19.8. The number of rotatable bonds is 5. The second kappa shape index (κ2) is 6.98. The number of pyridine rings is 1. The number of piperidine rings is 1. The molecule has 2 rings (SSSR count). The zero-order chi connectivity index (χ0) is 13.7. The molecule has 1 aromatic rings. The summed E-state index contributed by atoms with van der Waals surface area (Å²) in [5, 5.41) is 0. The van der Waals surface area contributed by atoms with Gasteiger partial charge in [-0.3, -0.25) is 9.88 Å². The number of nitrogens with zero attached hydrogens (tertiary/aromatic N) is 3. The molecule has 0 saturated carbocycles. The van der Waals surface area contributed by atoms with Crippen LogP contribution in [0, 0.1) is 5.92 Å². The van der Waals surface area contributed by atoms with Crippen molar-refractivity contribution in [1.82, 2.24) is 14.8 Å². The van der Waals surface area contributed by atoms with E-state index in [0.717, 1.165) is 19.0 Å². The van der Waals surface area contributed by atoms with Crippen LogP contribution in [0.25, 0.3) is 0 Å². The molecule has 1 aliphatic heterocycles. The fourth-order valence-corrected chi connectivity index (χ4v) is 3.05. The summed E-state index contributed by atoms with van der Waals surface area (Å²) in [4.78, 5) is 8.91. The van der Waals surface area contributed by atoms with E-state index in [4.69, 9.17) is 5.73 Å². The molecule has 0 spiro atoms. The maximum atomic E-state index is 5.98. The van der Waals surface area contributed by atoms with E-state index in [9.17, 15) is 0 Å². The van der Waals surface area contributed by atoms with Crippen molar-refractivity contribution in [1.29, 1.82) is 0 Å². The molecule has 1 atom stereocenters. The van der Waals surface area contributed by atoms with Gasteiger partial charge in [0.1, 0.15) is 0 Å². The van der Waals surface area contributed by atoms with Crippen LogP contribution in [-0.4, -0.2) is 55.1 Å². The molecule has 19 heavy (non-hydrogen) atoms. The fraction of sp³-hybridized carbons (Fsp3) is 0.667. The highest BCUT2D eigenvalue weighted by Crippen LogP contribution is 2.26. The lowest BCUT2D eigenvalue weighted by Crippen LogP contribution is -2.41. The molecule has 2 N–H and O–H groups in total. The van der Waals surface area contributed by atoms with E-state index in [1.54, 1.807) is 0 Å². The summed E-state index contributed by atoms with van der Waals surface area (Å²) in [6.45, 7) is 4.20. The first-order valence-electron chi connectivity index (χ1n) is 7.19. The van der Waals surface area contributed by atoms with Crippen LogP contribution >= 0.6 is 0 Å². The molecule has 0 radical (unpaired) electrons. The number of hydrogen-bond acceptors (Lipinski definition) is 4. The Bertz CT molecular complexity index is 358. The van der Waals surface area contributed by atoms with Crippen LogP contribution in [-0.2, 0) is 0 Å². The second-order valence-electron chi connectivity index (χ2n) is 5.77. The van der Waals surface area contributed by atoms with Gasteiger partial charge in [0.05, 0.1) is 0 Å². The Labute approximate surface area is 116 Å². The summed E-state index contributed by atoms with van der Waals surface area (Å²) in [5.41, 5.74) is 7.28. The molecule has 1 unspecified atom stereocenters. The number of hydrogen-bond donors (Lipinski definition) is 1.